The summed E-state index contributed by atoms with van der Waals surface area (Å²) in [7, 11) is 1.81. The number of carbonyl (C=O) groups is 5. The van der Waals surface area contributed by atoms with E-state index in [0.29, 0.717) is 38.8 Å². The smallest absolute Gasteiger partial charge is 0.243 e. The molecule has 0 heterocycles. The number of rotatable bonds is 22. The predicted octanol–water partition coefficient (Wildman–Crippen LogP) is 3.57. The first-order valence-corrected chi connectivity index (χ1v) is 20.0. The first-order chi connectivity index (χ1) is 28.1. The van der Waals surface area contributed by atoms with Crippen LogP contribution in [-0.2, 0) is 43.2 Å². The number of nitrogens with one attached hydrogen (secondary N) is 5. The molecule has 4 atom stereocenters. The maximum absolute atomic E-state index is 14.5. The Morgan fingerprint density at radius 2 is 0.983 bits per heavy atom. The number of unbranched alkanes of at least 4 members (excludes halogenated alkanes) is 1. The Labute approximate surface area is 339 Å². The van der Waals surface area contributed by atoms with Crippen LogP contribution in [0.3, 0.4) is 0 Å². The number of benzene rings is 5. The highest BCUT2D eigenvalue weighted by Crippen LogP contribution is 2.19. The molecule has 0 aliphatic heterocycles. The largest absolute Gasteiger partial charge is 0.368 e. The quantitative estimate of drug-likeness (QED) is 0.0521. The third-order valence-corrected chi connectivity index (χ3v) is 10.1. The van der Waals surface area contributed by atoms with Gasteiger partial charge in [0.2, 0.25) is 29.5 Å². The normalized spacial score (nSPS) is 13.2. The molecule has 0 radical (unpaired) electrons. The Kier molecular flexibility index (Phi) is 16.3. The zero-order valence-corrected chi connectivity index (χ0v) is 33.0. The van der Waals surface area contributed by atoms with Crippen molar-refractivity contribution < 1.29 is 24.0 Å². The lowest BCUT2D eigenvalue weighted by atomic mass is 9.98. The second-order valence-electron chi connectivity index (χ2n) is 14.7. The average Bonchev–Trinajstić information content (AvgIpc) is 3.22. The number of nitrogens with two attached hydrogens (primary N) is 2. The minimum Gasteiger partial charge on any atom is -0.368 e. The maximum atomic E-state index is 14.5. The maximum Gasteiger partial charge on any atom is 0.243 e. The third kappa shape index (κ3) is 13.0. The summed E-state index contributed by atoms with van der Waals surface area (Å²) in [5.74, 6) is -2.73. The molecular formula is C46H55N7O5. The molecule has 9 N–H and O–H groups in total. The van der Waals surface area contributed by atoms with Crippen molar-refractivity contribution in [2.45, 2.75) is 75.5 Å². The van der Waals surface area contributed by atoms with Crippen LogP contribution < -0.4 is 38.1 Å². The molecule has 5 rings (SSSR count). The van der Waals surface area contributed by atoms with Crippen LogP contribution >= 0.6 is 0 Å². The van der Waals surface area contributed by atoms with Crippen molar-refractivity contribution in [1.29, 1.82) is 0 Å². The monoisotopic (exact) mass is 785 g/mol. The molecule has 304 valence electrons. The van der Waals surface area contributed by atoms with E-state index in [1.54, 1.807) is 0 Å². The van der Waals surface area contributed by atoms with E-state index in [2.05, 4.69) is 26.6 Å². The molecule has 58 heavy (non-hydrogen) atoms. The molecule has 0 aromatic heterocycles. The van der Waals surface area contributed by atoms with Crippen LogP contribution in [0.4, 0.5) is 0 Å². The first-order valence-electron chi connectivity index (χ1n) is 20.0. The molecule has 0 fully saturated rings. The van der Waals surface area contributed by atoms with E-state index >= 15 is 0 Å². The summed E-state index contributed by atoms with van der Waals surface area (Å²) in [6, 6.07) is 32.4. The highest BCUT2D eigenvalue weighted by atomic mass is 16.2. The van der Waals surface area contributed by atoms with E-state index in [1.165, 1.54) is 0 Å². The summed E-state index contributed by atoms with van der Waals surface area (Å²) in [5.41, 5.74) is 13.7. The van der Waals surface area contributed by atoms with Crippen molar-refractivity contribution in [3.63, 3.8) is 0 Å². The summed E-state index contributed by atoms with van der Waals surface area (Å²) in [4.78, 5) is 68.4. The van der Waals surface area contributed by atoms with Gasteiger partial charge in [-0.15, -0.1) is 0 Å². The average molecular weight is 786 g/mol. The van der Waals surface area contributed by atoms with E-state index in [1.807, 2.05) is 122 Å². The molecule has 0 aliphatic carbocycles. The first kappa shape index (κ1) is 43.0. The fraction of sp³-hybridized carbons (Fsp3) is 0.326. The van der Waals surface area contributed by atoms with Crippen molar-refractivity contribution in [2.75, 3.05) is 20.1 Å². The van der Waals surface area contributed by atoms with Crippen molar-refractivity contribution in [3.8, 4) is 0 Å². The van der Waals surface area contributed by atoms with Gasteiger partial charge in [-0.1, -0.05) is 115 Å². The van der Waals surface area contributed by atoms with Crippen molar-refractivity contribution in [2.24, 2.45) is 11.5 Å². The number of hydrogen-bond acceptors (Lipinski definition) is 7. The van der Waals surface area contributed by atoms with Crippen LogP contribution in [-0.4, -0.2) is 73.8 Å². The minimum atomic E-state index is -1.16. The Bertz CT molecular complexity index is 2160. The molecule has 0 spiro atoms. The molecule has 0 saturated heterocycles. The fourth-order valence-electron chi connectivity index (χ4n) is 6.97. The zero-order chi connectivity index (χ0) is 41.3. The van der Waals surface area contributed by atoms with Crippen molar-refractivity contribution >= 4 is 51.1 Å². The van der Waals surface area contributed by atoms with E-state index in [-0.39, 0.29) is 31.6 Å². The number of amides is 5. The van der Waals surface area contributed by atoms with Gasteiger partial charge in [0, 0.05) is 25.7 Å². The highest BCUT2D eigenvalue weighted by molar-refractivity contribution is 5.96. The van der Waals surface area contributed by atoms with E-state index in [4.69, 9.17) is 11.5 Å². The summed E-state index contributed by atoms with van der Waals surface area (Å²) in [6.07, 6.45) is 2.68. The second-order valence-corrected chi connectivity index (χ2v) is 14.7. The molecule has 4 unspecified atom stereocenters. The lowest BCUT2D eigenvalue weighted by molar-refractivity contribution is -0.134. The molecule has 12 heteroatoms. The van der Waals surface area contributed by atoms with Gasteiger partial charge in [-0.2, -0.15) is 0 Å². The topological polar surface area (TPSA) is 198 Å². The number of hydrogen-bond donors (Lipinski definition) is 7. The lowest BCUT2D eigenvalue weighted by Gasteiger charge is -2.27. The molecule has 5 amide bonds. The van der Waals surface area contributed by atoms with Gasteiger partial charge in [0.25, 0.3) is 0 Å². The highest BCUT2D eigenvalue weighted by Gasteiger charge is 2.32. The van der Waals surface area contributed by atoms with Crippen LogP contribution in [0, 0.1) is 0 Å². The van der Waals surface area contributed by atoms with Gasteiger partial charge in [-0.3, -0.25) is 24.0 Å². The third-order valence-electron chi connectivity index (χ3n) is 10.1. The predicted molar refractivity (Wildman–Crippen MR) is 228 cm³/mol. The Hall–Kier alpha value is -6.11. The van der Waals surface area contributed by atoms with Crippen molar-refractivity contribution in [3.05, 3.63) is 132 Å². The summed E-state index contributed by atoms with van der Waals surface area (Å²) in [5, 5.41) is 18.6. The number of carbonyl (C=O) groups excluding carboxylic acids is 5. The molecule has 0 aliphatic rings. The van der Waals surface area contributed by atoms with Gasteiger partial charge in [0.15, 0.2) is 0 Å². The molecule has 12 nitrogen and oxygen atoms in total. The summed E-state index contributed by atoms with van der Waals surface area (Å²) < 4.78 is 0. The standard InChI is InChI=1S/C46H55N7O5/c1-49-25-11-19-42(54)50-39(29-32-20-22-34-14-5-7-16-36(34)26-32)44(56)53-41(30-33-21-23-35-15-6-8-17-37(35)27-33)46(58)52-40(28-31-12-3-2-4-13-31)45(57)51-38(43(48)55)18-9-10-24-47/h2-8,12-17,20-23,26-27,38-41,49H,9-11,18-19,24-25,28-30,47H2,1H3,(H2,48,55)(H,50,54)(H,51,57)(H,52,58)(H,53,56). The fourth-order valence-corrected chi connectivity index (χ4v) is 6.97. The van der Waals surface area contributed by atoms with Crippen molar-refractivity contribution in [1.82, 2.24) is 26.6 Å². The second kappa shape index (κ2) is 22.0. The van der Waals surface area contributed by atoms with Gasteiger partial charge >= 0.3 is 0 Å². The van der Waals surface area contributed by atoms with E-state index in [0.717, 1.165) is 38.2 Å². The Morgan fingerprint density at radius 3 is 1.48 bits per heavy atom. The SMILES string of the molecule is CNCCCC(=O)NC(Cc1ccc2ccccc2c1)C(=O)NC(Cc1ccc2ccccc2c1)C(=O)NC(Cc1ccccc1)C(=O)NC(CCCCN)C(N)=O. The number of primary amides is 1. The molecule has 0 saturated carbocycles. The Morgan fingerprint density at radius 1 is 0.517 bits per heavy atom. The van der Waals surface area contributed by atoms with Crippen LogP contribution in [0.5, 0.6) is 0 Å². The van der Waals surface area contributed by atoms with Crippen LogP contribution in [0.2, 0.25) is 0 Å². The Balaban J connectivity index is 1.44. The van der Waals surface area contributed by atoms with Gasteiger partial charge in [0.05, 0.1) is 0 Å². The summed E-state index contributed by atoms with van der Waals surface area (Å²) >= 11 is 0. The minimum absolute atomic E-state index is 0.0872. The van der Waals surface area contributed by atoms with Crippen LogP contribution in [0.15, 0.2) is 115 Å². The van der Waals surface area contributed by atoms with Crippen LogP contribution in [0.25, 0.3) is 21.5 Å². The van der Waals surface area contributed by atoms with Gasteiger partial charge < -0.3 is 38.1 Å². The van der Waals surface area contributed by atoms with Gasteiger partial charge in [0.1, 0.15) is 24.2 Å². The molecule has 0 bridgehead atoms. The van der Waals surface area contributed by atoms with E-state index < -0.39 is 47.8 Å². The van der Waals surface area contributed by atoms with E-state index in [9.17, 15) is 24.0 Å². The lowest BCUT2D eigenvalue weighted by Crippen LogP contribution is -2.59. The molecule has 5 aromatic carbocycles. The number of fused-ring (bicyclic) bond motifs is 2. The van der Waals surface area contributed by atoms with Gasteiger partial charge in [-0.25, -0.2) is 0 Å². The van der Waals surface area contributed by atoms with Gasteiger partial charge in [-0.05, 0) is 84.1 Å². The van der Waals surface area contributed by atoms with Crippen LogP contribution in [0.1, 0.15) is 48.8 Å². The molecular weight excluding hydrogens is 731 g/mol. The zero-order valence-electron chi connectivity index (χ0n) is 33.0. The molecule has 5 aromatic rings. The summed E-state index contributed by atoms with van der Waals surface area (Å²) in [6.45, 7) is 1.06.